The van der Waals surface area contributed by atoms with Crippen LogP contribution in [0, 0.1) is 10.8 Å². The van der Waals surface area contributed by atoms with Crippen molar-refractivity contribution in [1.82, 2.24) is 4.90 Å². The van der Waals surface area contributed by atoms with E-state index in [1.165, 1.54) is 32.4 Å². The Morgan fingerprint density at radius 2 is 1.90 bits per heavy atom. The quantitative estimate of drug-likeness (QED) is 0.586. The van der Waals surface area contributed by atoms with Crippen LogP contribution in [0.1, 0.15) is 19.3 Å². The number of nitrogens with zero attached hydrogens (tertiary/aromatic N) is 1. The Kier molecular flexibility index (Phi) is 3.86. The maximum absolute atomic E-state index is 3.09. The van der Waals surface area contributed by atoms with E-state index in [1.54, 1.807) is 0 Å². The summed E-state index contributed by atoms with van der Waals surface area (Å²) in [7, 11) is 0. The molecule has 0 bridgehead atoms. The molecule has 1 rings (SSSR count). The Balaban J connectivity index is 2.17. The molecule has 1 nitrogen and oxygen atoms in total. The summed E-state index contributed by atoms with van der Waals surface area (Å²) in [4.78, 5) is 5.14. The van der Waals surface area contributed by atoms with Gasteiger partial charge >= 0.3 is 0 Å². The van der Waals surface area contributed by atoms with Crippen molar-refractivity contribution in [2.45, 2.75) is 19.3 Å². The van der Waals surface area contributed by atoms with Gasteiger partial charge in [0.15, 0.2) is 0 Å². The van der Waals surface area contributed by atoms with E-state index in [0.29, 0.717) is 0 Å². The van der Waals surface area contributed by atoms with Crippen molar-refractivity contribution >= 4 is 15.9 Å². The molecule has 0 unspecified atom stereocenters. The van der Waals surface area contributed by atoms with Gasteiger partial charge in [-0.2, -0.15) is 0 Å². The van der Waals surface area contributed by atoms with Gasteiger partial charge in [0, 0.05) is 15.9 Å². The minimum Gasteiger partial charge on any atom is -0.292 e. The lowest BCUT2D eigenvalue weighted by atomic mass is 10.1. The second-order valence-electron chi connectivity index (χ2n) is 2.61. The highest BCUT2D eigenvalue weighted by Gasteiger charge is 2.06. The summed E-state index contributed by atoms with van der Waals surface area (Å²) in [5, 5.41) is 0. The third kappa shape index (κ3) is 2.72. The molecule has 0 amide bonds. The zero-order valence-electron chi connectivity index (χ0n) is 6.07. The van der Waals surface area contributed by atoms with Crippen LogP contribution < -0.4 is 0 Å². The predicted octanol–water partition coefficient (Wildman–Crippen LogP) is 1.83. The number of halogens is 1. The van der Waals surface area contributed by atoms with Gasteiger partial charge in [-0.15, -0.1) is 0 Å². The third-order valence-corrected chi connectivity index (χ3v) is 2.10. The van der Waals surface area contributed by atoms with Crippen molar-refractivity contribution in [2.75, 3.05) is 19.6 Å². The normalized spacial score (nSPS) is 19.7. The van der Waals surface area contributed by atoms with Gasteiger partial charge in [0.1, 0.15) is 0 Å². The van der Waals surface area contributed by atoms with Crippen molar-refractivity contribution in [3.63, 3.8) is 0 Å². The van der Waals surface area contributed by atoms with E-state index in [-0.39, 0.29) is 0 Å². The van der Waals surface area contributed by atoms with Crippen LogP contribution in [-0.2, 0) is 0 Å². The average molecular weight is 202 g/mol. The number of likely N-dealkylation sites (tertiary alicyclic amines) is 1. The molecular formula is C8H12BrN. The highest BCUT2D eigenvalue weighted by atomic mass is 79.9. The first-order valence-electron chi connectivity index (χ1n) is 3.74. The van der Waals surface area contributed by atoms with Gasteiger partial charge < -0.3 is 0 Å². The fraction of sp³-hybridized carbons (Fsp3) is 0.750. The minimum absolute atomic E-state index is 0.936. The third-order valence-electron chi connectivity index (χ3n) is 1.82. The van der Waals surface area contributed by atoms with Gasteiger partial charge in [0.2, 0.25) is 0 Å². The van der Waals surface area contributed by atoms with Gasteiger partial charge in [0.25, 0.3) is 0 Å². The summed E-state index contributed by atoms with van der Waals surface area (Å²) in [6.45, 7) is 3.41. The summed E-state index contributed by atoms with van der Waals surface area (Å²) in [6.07, 6.45) is 4.10. The largest absolute Gasteiger partial charge is 0.292 e. The molecule has 0 spiro atoms. The highest BCUT2D eigenvalue weighted by molar-refractivity contribution is 9.12. The van der Waals surface area contributed by atoms with Crippen LogP contribution in [0.15, 0.2) is 0 Å². The molecule has 0 aromatic heterocycles. The SMILES string of the molecule is BrC#CCN1CCCCC1. The van der Waals surface area contributed by atoms with E-state index in [1.807, 2.05) is 0 Å². The first kappa shape index (κ1) is 8.10. The fourth-order valence-electron chi connectivity index (χ4n) is 1.26. The first-order chi connectivity index (χ1) is 4.93. The number of piperidine rings is 1. The molecule has 0 aromatic carbocycles. The van der Waals surface area contributed by atoms with Crippen molar-refractivity contribution in [3.8, 4) is 10.8 Å². The molecule has 0 atom stereocenters. The Hall–Kier alpha value is 0.00000000000000000694. The second-order valence-corrected chi connectivity index (χ2v) is 3.00. The molecule has 2 heteroatoms. The number of hydrogen-bond donors (Lipinski definition) is 0. The molecule has 0 saturated carbocycles. The lowest BCUT2D eigenvalue weighted by Crippen LogP contribution is -2.29. The lowest BCUT2D eigenvalue weighted by molar-refractivity contribution is 0.255. The van der Waals surface area contributed by atoms with Crippen LogP contribution >= 0.6 is 15.9 Å². The van der Waals surface area contributed by atoms with Crippen LogP contribution in [0.5, 0.6) is 0 Å². The smallest absolute Gasteiger partial charge is 0.0610 e. The average Bonchev–Trinajstić information content (AvgIpc) is 2.03. The van der Waals surface area contributed by atoms with Gasteiger partial charge in [0.05, 0.1) is 6.54 Å². The zero-order chi connectivity index (χ0) is 7.23. The van der Waals surface area contributed by atoms with Crippen molar-refractivity contribution in [3.05, 3.63) is 0 Å². The molecule has 0 aromatic rings. The van der Waals surface area contributed by atoms with E-state index in [0.717, 1.165) is 6.54 Å². The molecule has 0 aliphatic carbocycles. The molecule has 1 aliphatic heterocycles. The van der Waals surface area contributed by atoms with Crippen LogP contribution in [0.25, 0.3) is 0 Å². The molecule has 1 saturated heterocycles. The Labute approximate surface area is 70.9 Å². The lowest BCUT2D eigenvalue weighted by Gasteiger charge is -2.23. The summed E-state index contributed by atoms with van der Waals surface area (Å²) >= 11 is 3.09. The Morgan fingerprint density at radius 1 is 1.20 bits per heavy atom. The van der Waals surface area contributed by atoms with Crippen LogP contribution in [0.4, 0.5) is 0 Å². The van der Waals surface area contributed by atoms with E-state index in [4.69, 9.17) is 0 Å². The van der Waals surface area contributed by atoms with Crippen molar-refractivity contribution in [2.24, 2.45) is 0 Å². The Morgan fingerprint density at radius 3 is 2.50 bits per heavy atom. The molecule has 1 aliphatic rings. The van der Waals surface area contributed by atoms with Crippen LogP contribution in [0.2, 0.25) is 0 Å². The van der Waals surface area contributed by atoms with Crippen LogP contribution in [-0.4, -0.2) is 24.5 Å². The topological polar surface area (TPSA) is 3.24 Å². The van der Waals surface area contributed by atoms with Gasteiger partial charge in [-0.25, -0.2) is 0 Å². The van der Waals surface area contributed by atoms with Gasteiger partial charge in [-0.3, -0.25) is 4.90 Å². The highest BCUT2D eigenvalue weighted by Crippen LogP contribution is 2.06. The minimum atomic E-state index is 0.936. The standard InChI is InChI=1S/C8H12BrN/c9-5-4-8-10-6-2-1-3-7-10/h1-3,6-8H2. The monoisotopic (exact) mass is 201 g/mol. The maximum Gasteiger partial charge on any atom is 0.0610 e. The molecular weight excluding hydrogens is 190 g/mol. The predicted molar refractivity (Wildman–Crippen MR) is 47.0 cm³/mol. The fourth-order valence-corrected chi connectivity index (χ4v) is 1.38. The first-order valence-corrected chi connectivity index (χ1v) is 4.53. The summed E-state index contributed by atoms with van der Waals surface area (Å²) < 4.78 is 0. The van der Waals surface area contributed by atoms with Crippen molar-refractivity contribution in [1.29, 1.82) is 0 Å². The molecule has 0 radical (unpaired) electrons. The van der Waals surface area contributed by atoms with Crippen molar-refractivity contribution < 1.29 is 0 Å². The number of hydrogen-bond acceptors (Lipinski definition) is 1. The van der Waals surface area contributed by atoms with Gasteiger partial charge in [-0.05, 0) is 30.8 Å². The summed E-state index contributed by atoms with van der Waals surface area (Å²) in [5.74, 6) is 3.01. The maximum atomic E-state index is 3.09. The van der Waals surface area contributed by atoms with E-state index < -0.39 is 0 Å². The zero-order valence-corrected chi connectivity index (χ0v) is 7.65. The van der Waals surface area contributed by atoms with E-state index in [9.17, 15) is 0 Å². The Bertz CT molecular complexity index is 139. The van der Waals surface area contributed by atoms with Crippen LogP contribution in [0.3, 0.4) is 0 Å². The number of rotatable bonds is 1. The summed E-state index contributed by atoms with van der Waals surface area (Å²) in [6, 6.07) is 0. The summed E-state index contributed by atoms with van der Waals surface area (Å²) in [5.41, 5.74) is 0. The molecule has 1 fully saturated rings. The van der Waals surface area contributed by atoms with E-state index >= 15 is 0 Å². The van der Waals surface area contributed by atoms with Gasteiger partial charge in [-0.1, -0.05) is 12.3 Å². The second kappa shape index (κ2) is 4.76. The molecule has 10 heavy (non-hydrogen) atoms. The van der Waals surface area contributed by atoms with E-state index in [2.05, 4.69) is 31.6 Å². The molecule has 56 valence electrons. The molecule has 0 N–H and O–H groups in total. The molecule has 1 heterocycles.